The van der Waals surface area contributed by atoms with Crippen molar-refractivity contribution in [2.24, 2.45) is 0 Å². The second-order valence-corrected chi connectivity index (χ2v) is 13.4. The number of amides is 1. The highest BCUT2D eigenvalue weighted by Gasteiger charge is 2.38. The van der Waals surface area contributed by atoms with E-state index in [-0.39, 0.29) is 60.9 Å². The summed E-state index contributed by atoms with van der Waals surface area (Å²) in [6.07, 6.45) is 2.87. The monoisotopic (exact) mass is 690 g/mol. The number of benzene rings is 2. The van der Waals surface area contributed by atoms with Crippen molar-refractivity contribution in [2.45, 2.75) is 37.6 Å². The molecule has 2 N–H and O–H groups in total. The third-order valence-electron chi connectivity index (χ3n) is 8.20. The van der Waals surface area contributed by atoms with Gasteiger partial charge in [-0.05, 0) is 36.6 Å². The molecule has 4 aromatic rings. The second-order valence-electron chi connectivity index (χ2n) is 11.2. The Hall–Kier alpha value is -3.38. The number of piperazine rings is 1. The van der Waals surface area contributed by atoms with Crippen molar-refractivity contribution < 1.29 is 13.6 Å². The first-order valence-electron chi connectivity index (χ1n) is 14.0. The lowest BCUT2D eigenvalue weighted by molar-refractivity contribution is -0.126. The van der Waals surface area contributed by atoms with Crippen LogP contribution in [0.4, 0.5) is 20.3 Å². The summed E-state index contributed by atoms with van der Waals surface area (Å²) in [5.74, 6) is -1.77. The minimum absolute atomic E-state index is 0.0902. The van der Waals surface area contributed by atoms with Crippen LogP contribution in [0.15, 0.2) is 40.7 Å². The average Bonchev–Trinajstić information content (AvgIpc) is 3.16. The van der Waals surface area contributed by atoms with Gasteiger partial charge in [-0.25, -0.2) is 13.6 Å². The fraction of sp³-hybridized carbons (Fsp3) is 0.290. The highest BCUT2D eigenvalue weighted by atomic mass is 35.5. The molecule has 234 valence electrons. The van der Waals surface area contributed by atoms with Crippen molar-refractivity contribution in [1.29, 1.82) is 0 Å². The van der Waals surface area contributed by atoms with Crippen LogP contribution in [0.1, 0.15) is 31.0 Å². The van der Waals surface area contributed by atoms with Gasteiger partial charge in [0.25, 0.3) is 0 Å². The average molecular weight is 692 g/mol. The fourth-order valence-electron chi connectivity index (χ4n) is 6.06. The van der Waals surface area contributed by atoms with E-state index in [9.17, 15) is 9.59 Å². The zero-order valence-electron chi connectivity index (χ0n) is 24.4. The second kappa shape index (κ2) is 11.8. The van der Waals surface area contributed by atoms with E-state index in [1.165, 1.54) is 22.4 Å². The quantitative estimate of drug-likeness (QED) is 0.140. The van der Waals surface area contributed by atoms with Crippen molar-refractivity contribution in [3.8, 4) is 16.8 Å². The van der Waals surface area contributed by atoms with Crippen LogP contribution in [0.2, 0.25) is 15.1 Å². The van der Waals surface area contributed by atoms with Gasteiger partial charge in [-0.3, -0.25) is 14.3 Å². The first-order valence-corrected chi connectivity index (χ1v) is 16.2. The summed E-state index contributed by atoms with van der Waals surface area (Å²) >= 11 is 20.8. The summed E-state index contributed by atoms with van der Waals surface area (Å²) < 4.78 is 34.4. The molecule has 0 aliphatic carbocycles. The molecule has 6 rings (SSSR count). The molecule has 8 nitrogen and oxygen atoms in total. The summed E-state index contributed by atoms with van der Waals surface area (Å²) in [7, 11) is 0. The van der Waals surface area contributed by atoms with Gasteiger partial charge in [0, 0.05) is 47.6 Å². The van der Waals surface area contributed by atoms with E-state index in [0.29, 0.717) is 47.2 Å². The molecular formula is C31H27Cl3F2N6O2S. The maximum absolute atomic E-state index is 17.4. The normalized spacial score (nSPS) is 16.2. The van der Waals surface area contributed by atoms with Crippen LogP contribution in [0.5, 0.6) is 0 Å². The number of nitrogens with two attached hydrogens (primary N) is 1. The Morgan fingerprint density at radius 3 is 2.60 bits per heavy atom. The van der Waals surface area contributed by atoms with E-state index in [4.69, 9.17) is 40.5 Å². The number of aryl methyl sites for hydroxylation is 1. The Kier molecular flexibility index (Phi) is 8.26. The number of hydrogen-bond acceptors (Lipinski definition) is 7. The smallest absolute Gasteiger partial charge is 0.354 e. The topological polar surface area (TPSA) is 97.4 Å². The number of carbonyl (C=O) groups is 1. The number of fused-ring (bicyclic) bond motifs is 2. The predicted molar refractivity (Wildman–Crippen MR) is 177 cm³/mol. The minimum Gasteiger partial charge on any atom is -0.397 e. The van der Waals surface area contributed by atoms with Crippen molar-refractivity contribution in [1.82, 2.24) is 19.4 Å². The first-order chi connectivity index (χ1) is 21.4. The Morgan fingerprint density at radius 2 is 1.91 bits per heavy atom. The maximum Gasteiger partial charge on any atom is 0.354 e. The summed E-state index contributed by atoms with van der Waals surface area (Å²) in [6.45, 7) is 10.2. The summed E-state index contributed by atoms with van der Waals surface area (Å²) in [5.41, 5.74) is 5.82. The number of anilines is 2. The molecule has 2 aromatic carbocycles. The Labute approximate surface area is 276 Å². The number of thioether (sulfide) groups is 1. The number of nitrogens with zero attached hydrogens (tertiary/aromatic N) is 5. The molecule has 2 aliphatic heterocycles. The Balaban J connectivity index is 1.78. The Bertz CT molecular complexity index is 1980. The van der Waals surface area contributed by atoms with E-state index in [1.807, 2.05) is 18.7 Å². The number of rotatable bonds is 4. The van der Waals surface area contributed by atoms with Crippen LogP contribution in [0.25, 0.3) is 27.7 Å². The first kappa shape index (κ1) is 31.6. The molecule has 1 saturated heterocycles. The molecule has 0 spiro atoms. The summed E-state index contributed by atoms with van der Waals surface area (Å²) in [4.78, 5) is 39.7. The molecule has 1 fully saturated rings. The zero-order chi connectivity index (χ0) is 32.5. The SMILES string of the molecule is C=CC(=O)N1CCN2c3nc(=O)n(-c4c(C)ccnc4C(C)C)c4c(F)c(-c5c(N)c(Cl)cc(Cl)c5F)c(Cl)c(c34)SCC2C1. The van der Waals surface area contributed by atoms with E-state index >= 15 is 8.78 Å². The van der Waals surface area contributed by atoms with Crippen LogP contribution in [0.3, 0.4) is 0 Å². The molecule has 1 amide bonds. The summed E-state index contributed by atoms with van der Waals surface area (Å²) in [6, 6.07) is 2.55. The number of carbonyl (C=O) groups excluding carboxylic acids is 1. The predicted octanol–water partition coefficient (Wildman–Crippen LogP) is 7.01. The third-order valence-corrected chi connectivity index (χ3v) is 10.5. The molecule has 2 aliphatic rings. The van der Waals surface area contributed by atoms with Crippen molar-refractivity contribution in [2.75, 3.05) is 36.0 Å². The van der Waals surface area contributed by atoms with Gasteiger partial charge < -0.3 is 15.5 Å². The van der Waals surface area contributed by atoms with E-state index in [2.05, 4.69) is 16.5 Å². The number of aromatic nitrogens is 3. The molecule has 0 bridgehead atoms. The molecule has 14 heteroatoms. The number of halogens is 5. The van der Waals surface area contributed by atoms with Gasteiger partial charge in [-0.2, -0.15) is 4.98 Å². The third kappa shape index (κ3) is 4.95. The zero-order valence-corrected chi connectivity index (χ0v) is 27.5. The van der Waals surface area contributed by atoms with Gasteiger partial charge in [-0.15, -0.1) is 11.8 Å². The number of hydrogen-bond donors (Lipinski definition) is 1. The van der Waals surface area contributed by atoms with Gasteiger partial charge in [0.1, 0.15) is 5.82 Å². The van der Waals surface area contributed by atoms with Gasteiger partial charge in [0.05, 0.1) is 49.1 Å². The standard InChI is InChI=1S/C31H27Cl3F2N6O2S/c1-5-18(43)40-8-9-41-15(11-40)12-45-29-21-28(24(36)19(22(29)34)20-23(35)16(32)10-17(33)25(20)37)42(31(44)39-30(21)41)27-14(4)6-7-38-26(27)13(2)3/h5-7,10,13,15H,1,8-9,11-12,37H2,2-4H3. The lowest BCUT2D eigenvalue weighted by Crippen LogP contribution is -2.56. The minimum atomic E-state index is -1.01. The maximum atomic E-state index is 17.4. The fourth-order valence-corrected chi connectivity index (χ4v) is 8.16. The van der Waals surface area contributed by atoms with Gasteiger partial charge >= 0.3 is 5.69 Å². The molecule has 2 aromatic heterocycles. The van der Waals surface area contributed by atoms with E-state index in [0.717, 1.165) is 6.07 Å². The van der Waals surface area contributed by atoms with E-state index < -0.39 is 22.9 Å². The van der Waals surface area contributed by atoms with Crippen molar-refractivity contribution in [3.63, 3.8) is 0 Å². The molecule has 0 radical (unpaired) electrons. The van der Waals surface area contributed by atoms with Crippen LogP contribution in [0, 0.1) is 18.6 Å². The Morgan fingerprint density at radius 1 is 1.18 bits per heavy atom. The number of nitrogen functional groups attached to an aromatic ring is 1. The highest BCUT2D eigenvalue weighted by molar-refractivity contribution is 7.99. The number of pyridine rings is 1. The van der Waals surface area contributed by atoms with Crippen molar-refractivity contribution in [3.05, 3.63) is 79.4 Å². The van der Waals surface area contributed by atoms with E-state index in [1.54, 1.807) is 24.1 Å². The molecule has 4 heterocycles. The molecule has 1 atom stereocenters. The van der Waals surface area contributed by atoms with Gasteiger partial charge in [-0.1, -0.05) is 55.2 Å². The highest BCUT2D eigenvalue weighted by Crippen LogP contribution is 2.51. The van der Waals surface area contributed by atoms with Crippen LogP contribution >= 0.6 is 46.6 Å². The van der Waals surface area contributed by atoms with Crippen LogP contribution in [-0.4, -0.2) is 56.8 Å². The summed E-state index contributed by atoms with van der Waals surface area (Å²) in [5, 5.41) is -0.317. The lowest BCUT2D eigenvalue weighted by atomic mass is 9.98. The molecule has 45 heavy (non-hydrogen) atoms. The lowest BCUT2D eigenvalue weighted by Gasteiger charge is -2.41. The largest absolute Gasteiger partial charge is 0.397 e. The van der Waals surface area contributed by atoms with Gasteiger partial charge in [0.2, 0.25) is 5.91 Å². The molecular weight excluding hydrogens is 665 g/mol. The van der Waals surface area contributed by atoms with Crippen molar-refractivity contribution >= 4 is 74.9 Å². The molecule has 0 saturated carbocycles. The molecule has 1 unspecified atom stereocenters. The van der Waals surface area contributed by atoms with Crippen LogP contribution in [-0.2, 0) is 4.79 Å². The van der Waals surface area contributed by atoms with Crippen LogP contribution < -0.4 is 16.3 Å². The van der Waals surface area contributed by atoms with Gasteiger partial charge in [0.15, 0.2) is 11.6 Å².